The fraction of sp³-hybridized carbons (Fsp3) is 0.571. The van der Waals surface area contributed by atoms with E-state index >= 15 is 0 Å². The van der Waals surface area contributed by atoms with Crippen LogP contribution in [0.15, 0.2) is 18.2 Å². The largest absolute Gasteiger partial charge is 0.493 e. The summed E-state index contributed by atoms with van der Waals surface area (Å²) in [5.41, 5.74) is 2.62. The van der Waals surface area contributed by atoms with Crippen LogP contribution in [0.3, 0.4) is 0 Å². The fourth-order valence-corrected chi connectivity index (χ4v) is 2.66. The van der Waals surface area contributed by atoms with Crippen molar-refractivity contribution in [2.45, 2.75) is 31.7 Å². The molecular weight excluding hydrogens is 236 g/mol. The molecule has 1 aliphatic heterocycles. The molecule has 0 radical (unpaired) electrons. The Morgan fingerprint density at radius 3 is 2.89 bits per heavy atom. The van der Waals surface area contributed by atoms with Crippen LogP contribution in [0, 0.1) is 5.92 Å². The van der Waals surface area contributed by atoms with Crippen molar-refractivity contribution < 1.29 is 13.5 Å². The molecule has 1 aliphatic carbocycles. The second-order valence-electron chi connectivity index (χ2n) is 5.30. The van der Waals surface area contributed by atoms with Crippen LogP contribution in [0.1, 0.15) is 24.0 Å². The highest BCUT2D eigenvalue weighted by atomic mass is 19.3. The summed E-state index contributed by atoms with van der Waals surface area (Å²) in [6.07, 6.45) is 0.990. The average Bonchev–Trinajstić information content (AvgIpc) is 2.33. The zero-order valence-corrected chi connectivity index (χ0v) is 10.2. The summed E-state index contributed by atoms with van der Waals surface area (Å²) in [5, 5.41) is 3.31. The summed E-state index contributed by atoms with van der Waals surface area (Å²) in [6.45, 7) is 2.29. The minimum absolute atomic E-state index is 0.00848. The minimum atomic E-state index is -2.45. The van der Waals surface area contributed by atoms with Gasteiger partial charge in [0.05, 0.1) is 6.61 Å². The standard InChI is InChI=1S/C14H17F2NO/c15-14(16)6-10(7-14)9-18-13-2-1-11-3-4-17-8-12(11)5-13/h1-2,5,10,17H,3-4,6-9H2. The van der Waals surface area contributed by atoms with Gasteiger partial charge in [0.15, 0.2) is 0 Å². The first-order valence-corrected chi connectivity index (χ1v) is 6.45. The van der Waals surface area contributed by atoms with Gasteiger partial charge in [0, 0.05) is 25.3 Å². The van der Waals surface area contributed by atoms with E-state index in [9.17, 15) is 8.78 Å². The highest BCUT2D eigenvalue weighted by Crippen LogP contribution is 2.42. The van der Waals surface area contributed by atoms with Crippen LogP contribution in [-0.2, 0) is 13.0 Å². The maximum absolute atomic E-state index is 12.7. The van der Waals surface area contributed by atoms with E-state index in [0.29, 0.717) is 6.61 Å². The van der Waals surface area contributed by atoms with Gasteiger partial charge in [0.25, 0.3) is 0 Å². The van der Waals surface area contributed by atoms with E-state index in [1.54, 1.807) is 0 Å². The van der Waals surface area contributed by atoms with Crippen LogP contribution in [0.2, 0.25) is 0 Å². The maximum Gasteiger partial charge on any atom is 0.248 e. The second-order valence-corrected chi connectivity index (χ2v) is 5.30. The molecule has 0 saturated heterocycles. The first-order valence-electron chi connectivity index (χ1n) is 6.45. The van der Waals surface area contributed by atoms with Gasteiger partial charge in [0.1, 0.15) is 5.75 Å². The first-order chi connectivity index (χ1) is 8.62. The molecule has 18 heavy (non-hydrogen) atoms. The summed E-state index contributed by atoms with van der Waals surface area (Å²) in [6, 6.07) is 6.06. The van der Waals surface area contributed by atoms with Crippen molar-refractivity contribution in [1.82, 2.24) is 5.32 Å². The highest BCUT2D eigenvalue weighted by Gasteiger charge is 2.45. The zero-order chi connectivity index (χ0) is 12.6. The van der Waals surface area contributed by atoms with Crippen LogP contribution in [0.25, 0.3) is 0 Å². The number of alkyl halides is 2. The Hall–Kier alpha value is -1.16. The topological polar surface area (TPSA) is 21.3 Å². The summed E-state index contributed by atoms with van der Waals surface area (Å²) >= 11 is 0. The molecule has 1 N–H and O–H groups in total. The van der Waals surface area contributed by atoms with Gasteiger partial charge in [-0.05, 0) is 36.2 Å². The molecule has 0 spiro atoms. The summed E-state index contributed by atoms with van der Waals surface area (Å²) in [7, 11) is 0. The van der Waals surface area contributed by atoms with Gasteiger partial charge >= 0.3 is 0 Å². The third-order valence-corrected chi connectivity index (χ3v) is 3.72. The van der Waals surface area contributed by atoms with Crippen molar-refractivity contribution >= 4 is 0 Å². The Morgan fingerprint density at radius 1 is 1.28 bits per heavy atom. The van der Waals surface area contributed by atoms with E-state index in [1.807, 2.05) is 12.1 Å². The second kappa shape index (κ2) is 4.50. The van der Waals surface area contributed by atoms with Gasteiger partial charge in [-0.25, -0.2) is 8.78 Å². The van der Waals surface area contributed by atoms with Crippen molar-refractivity contribution in [3.8, 4) is 5.75 Å². The summed E-state index contributed by atoms with van der Waals surface area (Å²) < 4.78 is 31.0. The number of fused-ring (bicyclic) bond motifs is 1. The molecule has 0 atom stereocenters. The van der Waals surface area contributed by atoms with Crippen LogP contribution >= 0.6 is 0 Å². The molecule has 4 heteroatoms. The van der Waals surface area contributed by atoms with Gasteiger partial charge in [-0.1, -0.05) is 6.07 Å². The van der Waals surface area contributed by atoms with Gasteiger partial charge in [0.2, 0.25) is 5.92 Å². The number of hydrogen-bond donors (Lipinski definition) is 1. The van der Waals surface area contributed by atoms with E-state index < -0.39 is 5.92 Å². The van der Waals surface area contributed by atoms with Crippen molar-refractivity contribution in [3.05, 3.63) is 29.3 Å². The molecule has 0 bridgehead atoms. The first kappa shape index (κ1) is 11.9. The molecule has 1 heterocycles. The van der Waals surface area contributed by atoms with Crippen LogP contribution in [0.5, 0.6) is 5.75 Å². The van der Waals surface area contributed by atoms with Crippen molar-refractivity contribution in [1.29, 1.82) is 0 Å². The zero-order valence-electron chi connectivity index (χ0n) is 10.2. The van der Waals surface area contributed by atoms with Gasteiger partial charge in [-0.15, -0.1) is 0 Å². The number of benzene rings is 1. The summed E-state index contributed by atoms with van der Waals surface area (Å²) in [4.78, 5) is 0. The molecule has 1 aromatic carbocycles. The molecule has 0 unspecified atom stereocenters. The van der Waals surface area contributed by atoms with Crippen LogP contribution in [0.4, 0.5) is 8.78 Å². The summed E-state index contributed by atoms with van der Waals surface area (Å²) in [5.74, 6) is -1.64. The Bertz CT molecular complexity index is 439. The van der Waals surface area contributed by atoms with Crippen molar-refractivity contribution in [3.63, 3.8) is 0 Å². The van der Waals surface area contributed by atoms with Gasteiger partial charge in [-0.2, -0.15) is 0 Å². The molecule has 2 nitrogen and oxygen atoms in total. The van der Waals surface area contributed by atoms with E-state index in [0.717, 1.165) is 25.3 Å². The molecule has 3 rings (SSSR count). The number of hydrogen-bond acceptors (Lipinski definition) is 2. The Labute approximate surface area is 105 Å². The predicted molar refractivity (Wildman–Crippen MR) is 65.0 cm³/mol. The van der Waals surface area contributed by atoms with Gasteiger partial charge < -0.3 is 10.1 Å². The Balaban J connectivity index is 1.57. The number of halogens is 2. The molecule has 1 saturated carbocycles. The third-order valence-electron chi connectivity index (χ3n) is 3.72. The lowest BCUT2D eigenvalue weighted by Crippen LogP contribution is -2.38. The van der Waals surface area contributed by atoms with Crippen molar-refractivity contribution in [2.24, 2.45) is 5.92 Å². The predicted octanol–water partition coefficient (Wildman–Crippen LogP) is 2.76. The lowest BCUT2D eigenvalue weighted by molar-refractivity contribution is -0.119. The molecule has 1 aromatic rings. The highest BCUT2D eigenvalue weighted by molar-refractivity contribution is 5.37. The molecule has 0 aromatic heterocycles. The minimum Gasteiger partial charge on any atom is -0.493 e. The number of ether oxygens (including phenoxy) is 1. The van der Waals surface area contributed by atoms with Crippen LogP contribution in [-0.4, -0.2) is 19.1 Å². The molecule has 2 aliphatic rings. The van der Waals surface area contributed by atoms with Gasteiger partial charge in [-0.3, -0.25) is 0 Å². The third kappa shape index (κ3) is 2.48. The number of rotatable bonds is 3. The molecular formula is C14H17F2NO. The SMILES string of the molecule is FC1(F)CC(COc2ccc3c(c2)CNCC3)C1. The van der Waals surface area contributed by atoms with E-state index in [2.05, 4.69) is 11.4 Å². The van der Waals surface area contributed by atoms with E-state index in [4.69, 9.17) is 4.74 Å². The van der Waals surface area contributed by atoms with Crippen molar-refractivity contribution in [2.75, 3.05) is 13.2 Å². The quantitative estimate of drug-likeness (QED) is 0.894. The monoisotopic (exact) mass is 253 g/mol. The maximum atomic E-state index is 12.7. The molecule has 98 valence electrons. The van der Waals surface area contributed by atoms with Crippen LogP contribution < -0.4 is 10.1 Å². The molecule has 0 amide bonds. The van der Waals surface area contributed by atoms with E-state index in [-0.39, 0.29) is 18.8 Å². The normalized spacial score (nSPS) is 22.1. The lowest BCUT2D eigenvalue weighted by atomic mass is 9.82. The Morgan fingerprint density at radius 2 is 2.11 bits per heavy atom. The number of nitrogens with one attached hydrogen (secondary N) is 1. The molecule has 1 fully saturated rings. The Kier molecular flexibility index (Phi) is 2.98. The smallest absolute Gasteiger partial charge is 0.248 e. The van der Waals surface area contributed by atoms with E-state index in [1.165, 1.54) is 11.1 Å². The fourth-order valence-electron chi connectivity index (χ4n) is 2.66. The lowest BCUT2D eigenvalue weighted by Gasteiger charge is -2.34. The average molecular weight is 253 g/mol.